The molecule has 0 spiro atoms. The summed E-state index contributed by atoms with van der Waals surface area (Å²) >= 11 is 1.38. The summed E-state index contributed by atoms with van der Waals surface area (Å²) < 4.78 is 5.03. The van der Waals surface area contributed by atoms with Gasteiger partial charge < -0.3 is 9.73 Å². The molecule has 134 valence electrons. The molecule has 0 aliphatic carbocycles. The van der Waals surface area contributed by atoms with Crippen molar-refractivity contribution in [3.05, 3.63) is 59.0 Å². The molecule has 0 radical (unpaired) electrons. The van der Waals surface area contributed by atoms with E-state index in [0.717, 1.165) is 24.3 Å². The van der Waals surface area contributed by atoms with Gasteiger partial charge >= 0.3 is 0 Å². The Morgan fingerprint density at radius 3 is 2.58 bits per heavy atom. The number of hydrogen-bond acceptors (Lipinski definition) is 6. The van der Waals surface area contributed by atoms with Crippen LogP contribution >= 0.6 is 11.3 Å². The van der Waals surface area contributed by atoms with Crippen LogP contribution in [0.3, 0.4) is 0 Å². The minimum Gasteiger partial charge on any atom is -0.459 e. The molecule has 8 heteroatoms. The third-order valence-corrected chi connectivity index (χ3v) is 4.48. The van der Waals surface area contributed by atoms with E-state index in [1.54, 1.807) is 36.4 Å². The normalized spacial score (nSPS) is 10.5. The molecule has 2 amide bonds. The van der Waals surface area contributed by atoms with E-state index < -0.39 is 0 Å². The lowest BCUT2D eigenvalue weighted by molar-refractivity contribution is 0.0995. The lowest BCUT2D eigenvalue weighted by atomic mass is 10.2. The molecule has 0 fully saturated rings. The average molecular weight is 370 g/mol. The monoisotopic (exact) mass is 370 g/mol. The van der Waals surface area contributed by atoms with Gasteiger partial charge in [0, 0.05) is 17.7 Å². The number of rotatable bonds is 7. The van der Waals surface area contributed by atoms with Gasteiger partial charge in [-0.05, 0) is 42.8 Å². The topological polar surface area (TPSA) is 97.1 Å². The molecule has 0 aliphatic rings. The quantitative estimate of drug-likeness (QED) is 0.656. The van der Waals surface area contributed by atoms with Crippen LogP contribution in [0, 0.1) is 0 Å². The van der Waals surface area contributed by atoms with E-state index in [9.17, 15) is 9.59 Å². The van der Waals surface area contributed by atoms with E-state index in [1.807, 2.05) is 0 Å². The summed E-state index contributed by atoms with van der Waals surface area (Å²) in [5.74, 6) is -0.394. The van der Waals surface area contributed by atoms with E-state index in [-0.39, 0.29) is 17.6 Å². The number of amides is 2. The van der Waals surface area contributed by atoms with Crippen LogP contribution in [-0.2, 0) is 6.42 Å². The Hall–Kier alpha value is -3.00. The molecule has 3 rings (SSSR count). The fourth-order valence-corrected chi connectivity index (χ4v) is 2.98. The highest BCUT2D eigenvalue weighted by molar-refractivity contribution is 7.15. The number of carbonyl (C=O) groups excluding carboxylic acids is 2. The molecule has 0 atom stereocenters. The molecule has 26 heavy (non-hydrogen) atoms. The highest BCUT2D eigenvalue weighted by Crippen LogP contribution is 2.19. The highest BCUT2D eigenvalue weighted by atomic mass is 32.1. The van der Waals surface area contributed by atoms with Crippen LogP contribution in [0.2, 0.25) is 0 Å². The molecule has 0 aliphatic heterocycles. The third-order valence-electron chi connectivity index (χ3n) is 3.58. The van der Waals surface area contributed by atoms with Crippen molar-refractivity contribution in [3.63, 3.8) is 0 Å². The van der Waals surface area contributed by atoms with Gasteiger partial charge in [0.05, 0.1) is 6.26 Å². The summed E-state index contributed by atoms with van der Waals surface area (Å²) in [6, 6.07) is 9.79. The summed E-state index contributed by atoms with van der Waals surface area (Å²) in [5.41, 5.74) is 1.03. The van der Waals surface area contributed by atoms with Crippen LogP contribution in [-0.4, -0.2) is 22.0 Å². The fraction of sp³-hybridized carbons (Fsp3) is 0.222. The van der Waals surface area contributed by atoms with Gasteiger partial charge in [-0.2, -0.15) is 0 Å². The number of aryl methyl sites for hydroxylation is 1. The Bertz CT molecular complexity index is 872. The van der Waals surface area contributed by atoms with E-state index in [0.29, 0.717) is 16.4 Å². The second-order valence-electron chi connectivity index (χ2n) is 5.57. The second kappa shape index (κ2) is 8.39. The number of carbonyl (C=O) groups is 2. The molecule has 0 saturated heterocycles. The van der Waals surface area contributed by atoms with Gasteiger partial charge in [-0.3, -0.25) is 14.9 Å². The maximum atomic E-state index is 12.3. The van der Waals surface area contributed by atoms with E-state index in [4.69, 9.17) is 4.42 Å². The molecule has 1 aromatic carbocycles. The highest BCUT2D eigenvalue weighted by Gasteiger charge is 2.12. The molecular formula is C18H18N4O3S. The van der Waals surface area contributed by atoms with Crippen LogP contribution in [0.15, 0.2) is 47.1 Å². The summed E-state index contributed by atoms with van der Waals surface area (Å²) in [6.07, 6.45) is 4.44. The van der Waals surface area contributed by atoms with Gasteiger partial charge in [-0.25, -0.2) is 0 Å². The second-order valence-corrected chi connectivity index (χ2v) is 6.63. The molecule has 0 saturated carbocycles. The van der Waals surface area contributed by atoms with E-state index >= 15 is 0 Å². The predicted molar refractivity (Wildman–Crippen MR) is 99.6 cm³/mol. The predicted octanol–water partition coefficient (Wildman–Crippen LogP) is 3.98. The number of nitrogens with zero attached hydrogens (tertiary/aromatic N) is 2. The summed E-state index contributed by atoms with van der Waals surface area (Å²) in [6.45, 7) is 2.12. The summed E-state index contributed by atoms with van der Waals surface area (Å²) in [4.78, 5) is 24.2. The van der Waals surface area contributed by atoms with Crippen molar-refractivity contribution in [1.29, 1.82) is 0 Å². The van der Waals surface area contributed by atoms with Crippen molar-refractivity contribution in [2.45, 2.75) is 26.2 Å². The zero-order valence-corrected chi connectivity index (χ0v) is 15.0. The first-order valence-corrected chi connectivity index (χ1v) is 9.06. The number of benzene rings is 1. The van der Waals surface area contributed by atoms with Crippen molar-refractivity contribution >= 4 is 34.0 Å². The Morgan fingerprint density at radius 1 is 1.08 bits per heavy atom. The van der Waals surface area contributed by atoms with Crippen molar-refractivity contribution in [2.24, 2.45) is 0 Å². The first kappa shape index (κ1) is 17.8. The lowest BCUT2D eigenvalue weighted by Gasteiger charge is -2.05. The molecule has 2 N–H and O–H groups in total. The molecule has 3 aromatic rings. The number of furan rings is 1. The molecule has 0 bridgehead atoms. The maximum absolute atomic E-state index is 12.3. The lowest BCUT2D eigenvalue weighted by Crippen LogP contribution is -2.13. The molecule has 0 unspecified atom stereocenters. The van der Waals surface area contributed by atoms with Crippen LogP contribution in [0.5, 0.6) is 0 Å². The van der Waals surface area contributed by atoms with Gasteiger partial charge in [0.1, 0.15) is 5.01 Å². The smallest absolute Gasteiger partial charge is 0.291 e. The zero-order chi connectivity index (χ0) is 18.4. The third kappa shape index (κ3) is 4.54. The molecular weight excluding hydrogens is 352 g/mol. The Labute approximate surface area is 154 Å². The van der Waals surface area contributed by atoms with E-state index in [1.165, 1.54) is 17.6 Å². The molecule has 2 aromatic heterocycles. The maximum Gasteiger partial charge on any atom is 0.291 e. The van der Waals surface area contributed by atoms with Gasteiger partial charge in [0.15, 0.2) is 5.76 Å². The Morgan fingerprint density at radius 2 is 1.88 bits per heavy atom. The minimum absolute atomic E-state index is 0.224. The number of hydrogen-bond donors (Lipinski definition) is 2. The van der Waals surface area contributed by atoms with E-state index in [2.05, 4.69) is 27.8 Å². The van der Waals surface area contributed by atoms with Gasteiger partial charge in [-0.15, -0.1) is 10.2 Å². The Kier molecular flexibility index (Phi) is 5.75. The summed E-state index contributed by atoms with van der Waals surface area (Å²) in [5, 5.41) is 14.9. The number of anilines is 2. The van der Waals surface area contributed by atoms with Gasteiger partial charge in [0.25, 0.3) is 11.8 Å². The largest absolute Gasteiger partial charge is 0.459 e. The minimum atomic E-state index is -0.347. The van der Waals surface area contributed by atoms with Crippen LogP contribution in [0.1, 0.15) is 45.7 Å². The van der Waals surface area contributed by atoms with Crippen molar-refractivity contribution < 1.29 is 14.0 Å². The number of unbranched alkanes of at least 4 members (excludes halogenated alkanes) is 1. The Balaban J connectivity index is 1.58. The summed E-state index contributed by atoms with van der Waals surface area (Å²) in [7, 11) is 0. The first-order chi connectivity index (χ1) is 12.7. The fourth-order valence-electron chi connectivity index (χ4n) is 2.21. The van der Waals surface area contributed by atoms with Crippen molar-refractivity contribution in [2.75, 3.05) is 10.6 Å². The van der Waals surface area contributed by atoms with Gasteiger partial charge in [-0.1, -0.05) is 24.7 Å². The SMILES string of the molecule is CCCCc1nnc(NC(=O)c2ccc(NC(=O)c3ccco3)cc2)s1. The van der Waals surface area contributed by atoms with Crippen molar-refractivity contribution in [3.8, 4) is 0 Å². The van der Waals surface area contributed by atoms with Crippen LogP contribution in [0.25, 0.3) is 0 Å². The van der Waals surface area contributed by atoms with Crippen molar-refractivity contribution in [1.82, 2.24) is 10.2 Å². The molecule has 2 heterocycles. The van der Waals surface area contributed by atoms with Gasteiger partial charge in [0.2, 0.25) is 5.13 Å². The number of aromatic nitrogens is 2. The average Bonchev–Trinajstić information content (AvgIpc) is 3.32. The standard InChI is InChI=1S/C18H18N4O3S/c1-2-3-6-15-21-22-18(26-15)20-16(23)12-7-9-13(10-8-12)19-17(24)14-5-4-11-25-14/h4-5,7-11H,2-3,6H2,1H3,(H,19,24)(H,20,22,23). The first-order valence-electron chi connectivity index (χ1n) is 8.24. The zero-order valence-electron chi connectivity index (χ0n) is 14.2. The molecule has 7 nitrogen and oxygen atoms in total. The van der Waals surface area contributed by atoms with Crippen LogP contribution in [0.4, 0.5) is 10.8 Å². The number of nitrogens with one attached hydrogen (secondary N) is 2. The van der Waals surface area contributed by atoms with Crippen LogP contribution < -0.4 is 10.6 Å².